The van der Waals surface area contributed by atoms with Crippen molar-refractivity contribution >= 4 is 45.6 Å². The summed E-state index contributed by atoms with van der Waals surface area (Å²) in [7, 11) is 1.65. The highest BCUT2D eigenvalue weighted by Crippen LogP contribution is 2.34. The first-order valence-electron chi connectivity index (χ1n) is 9.80. The van der Waals surface area contributed by atoms with Gasteiger partial charge in [-0.1, -0.05) is 23.7 Å². The zero-order chi connectivity index (χ0) is 21.4. The second-order valence-electron chi connectivity index (χ2n) is 7.59. The van der Waals surface area contributed by atoms with Crippen molar-refractivity contribution in [2.45, 2.75) is 32.4 Å². The van der Waals surface area contributed by atoms with Gasteiger partial charge in [0.25, 0.3) is 0 Å². The summed E-state index contributed by atoms with van der Waals surface area (Å²) in [5.41, 5.74) is 1.98. The highest BCUT2D eigenvalue weighted by atomic mass is 127. The number of pyridine rings is 1. The molecule has 0 aliphatic carbocycles. The van der Waals surface area contributed by atoms with Crippen LogP contribution in [-0.2, 0) is 4.79 Å². The predicted molar refractivity (Wildman–Crippen MR) is 124 cm³/mol. The first-order valence-corrected chi connectivity index (χ1v) is 11.3. The van der Waals surface area contributed by atoms with Gasteiger partial charge in [0.05, 0.1) is 27.9 Å². The lowest BCUT2D eigenvalue weighted by molar-refractivity contribution is -0.129. The van der Waals surface area contributed by atoms with Gasteiger partial charge < -0.3 is 14.4 Å². The van der Waals surface area contributed by atoms with Gasteiger partial charge in [-0.15, -0.1) is 0 Å². The number of carbonyl (C=O) groups excluding carboxylic acids is 1. The van der Waals surface area contributed by atoms with E-state index in [2.05, 4.69) is 34.6 Å². The molecule has 158 valence electrons. The van der Waals surface area contributed by atoms with Crippen LogP contribution in [0.25, 0.3) is 5.52 Å². The third-order valence-corrected chi connectivity index (χ3v) is 6.73. The fourth-order valence-corrected chi connectivity index (χ4v) is 4.74. The van der Waals surface area contributed by atoms with Gasteiger partial charge in [-0.2, -0.15) is 5.10 Å². The Balaban J connectivity index is 1.49. The maximum Gasteiger partial charge on any atom is 0.223 e. The molecule has 0 radical (unpaired) electrons. The molecule has 3 atom stereocenters. The minimum Gasteiger partial charge on any atom is -0.497 e. The molecule has 1 amide bonds. The van der Waals surface area contributed by atoms with Crippen LogP contribution >= 0.6 is 34.2 Å². The number of halogens is 2. The minimum atomic E-state index is -0.144. The zero-order valence-electron chi connectivity index (χ0n) is 17.0. The van der Waals surface area contributed by atoms with Crippen LogP contribution in [0.2, 0.25) is 5.02 Å². The molecule has 2 aromatic heterocycles. The number of hydrogen-bond acceptors (Lipinski definition) is 4. The average molecular weight is 540 g/mol. The molecule has 0 bridgehead atoms. The van der Waals surface area contributed by atoms with Gasteiger partial charge in [-0.25, -0.2) is 4.52 Å². The SMILES string of the molecule is COc1ccc([C@@H](C)N2CC([C@@H](C)Oc3cc(Cl)cn4ncc(I)c34)CC2=O)cc1. The molecule has 0 N–H and O–H groups in total. The summed E-state index contributed by atoms with van der Waals surface area (Å²) in [4.78, 5) is 14.7. The quantitative estimate of drug-likeness (QED) is 0.415. The third-order valence-electron chi connectivity index (χ3n) is 5.73. The van der Waals surface area contributed by atoms with E-state index in [1.54, 1.807) is 24.0 Å². The van der Waals surface area contributed by atoms with Gasteiger partial charge in [0.1, 0.15) is 23.1 Å². The average Bonchev–Trinajstić information content (AvgIpc) is 3.30. The Kier molecular flexibility index (Phi) is 6.11. The highest BCUT2D eigenvalue weighted by Gasteiger charge is 2.37. The molecule has 0 spiro atoms. The number of carbonyl (C=O) groups is 1. The second kappa shape index (κ2) is 8.63. The first-order chi connectivity index (χ1) is 14.4. The van der Waals surface area contributed by atoms with Crippen LogP contribution in [0.15, 0.2) is 42.7 Å². The molecule has 1 fully saturated rings. The lowest BCUT2D eigenvalue weighted by Gasteiger charge is -2.27. The largest absolute Gasteiger partial charge is 0.497 e. The molecule has 1 saturated heterocycles. The van der Waals surface area contributed by atoms with Gasteiger partial charge in [-0.3, -0.25) is 4.79 Å². The van der Waals surface area contributed by atoms with Crippen molar-refractivity contribution in [2.24, 2.45) is 5.92 Å². The number of methoxy groups -OCH3 is 1. The van der Waals surface area contributed by atoms with E-state index in [9.17, 15) is 4.79 Å². The number of hydrogen-bond donors (Lipinski definition) is 0. The summed E-state index contributed by atoms with van der Waals surface area (Å²) in [6.45, 7) is 4.73. The Morgan fingerprint density at radius 2 is 2.00 bits per heavy atom. The normalized spacial score (nSPS) is 18.6. The van der Waals surface area contributed by atoms with Crippen LogP contribution in [-0.4, -0.2) is 40.2 Å². The van der Waals surface area contributed by atoms with Crippen LogP contribution in [0.4, 0.5) is 0 Å². The lowest BCUT2D eigenvalue weighted by Crippen LogP contribution is -2.31. The summed E-state index contributed by atoms with van der Waals surface area (Å²) in [5.74, 6) is 1.73. The van der Waals surface area contributed by atoms with Crippen LogP contribution in [0.5, 0.6) is 11.5 Å². The molecular weight excluding hydrogens is 517 g/mol. The molecule has 0 saturated carbocycles. The van der Waals surface area contributed by atoms with Crippen molar-refractivity contribution in [3.63, 3.8) is 0 Å². The van der Waals surface area contributed by atoms with E-state index in [4.69, 9.17) is 21.1 Å². The molecule has 6 nitrogen and oxygen atoms in total. The summed E-state index contributed by atoms with van der Waals surface area (Å²) >= 11 is 8.47. The minimum absolute atomic E-state index is 0.00531. The monoisotopic (exact) mass is 539 g/mol. The maximum atomic E-state index is 12.8. The van der Waals surface area contributed by atoms with E-state index in [1.165, 1.54) is 0 Å². The molecule has 4 rings (SSSR count). The maximum absolute atomic E-state index is 12.8. The first kappa shape index (κ1) is 21.2. The number of likely N-dealkylation sites (tertiary alicyclic amines) is 1. The molecule has 30 heavy (non-hydrogen) atoms. The van der Waals surface area contributed by atoms with Gasteiger partial charge in [-0.05, 0) is 54.1 Å². The Morgan fingerprint density at radius 1 is 1.27 bits per heavy atom. The number of benzene rings is 1. The molecule has 8 heteroatoms. The van der Waals surface area contributed by atoms with Crippen LogP contribution in [0, 0.1) is 9.49 Å². The number of fused-ring (bicyclic) bond motifs is 1. The fourth-order valence-electron chi connectivity index (χ4n) is 3.92. The van der Waals surface area contributed by atoms with Gasteiger partial charge in [0.15, 0.2) is 0 Å². The molecule has 3 aromatic rings. The standard InChI is InChI=1S/C22H23ClIN3O3/c1-13(15-4-6-18(29-3)7-5-15)26-11-16(8-21(26)28)14(2)30-20-9-17(23)12-27-22(20)19(24)10-25-27/h4-7,9-10,12-14,16H,8,11H2,1-3H3/t13-,14-,16?/m1/s1. The lowest BCUT2D eigenvalue weighted by atomic mass is 10.0. The van der Waals surface area contributed by atoms with E-state index in [0.717, 1.165) is 20.4 Å². The zero-order valence-corrected chi connectivity index (χ0v) is 19.9. The van der Waals surface area contributed by atoms with E-state index in [1.807, 2.05) is 42.2 Å². The van der Waals surface area contributed by atoms with Gasteiger partial charge in [0, 0.05) is 31.1 Å². The molecule has 1 aliphatic rings. The molecular formula is C22H23ClIN3O3. The Morgan fingerprint density at radius 3 is 2.70 bits per heavy atom. The third kappa shape index (κ3) is 4.09. The number of rotatable bonds is 6. The van der Waals surface area contributed by atoms with E-state index in [-0.39, 0.29) is 24.0 Å². The van der Waals surface area contributed by atoms with Crippen molar-refractivity contribution in [1.29, 1.82) is 0 Å². The van der Waals surface area contributed by atoms with Crippen molar-refractivity contribution in [1.82, 2.24) is 14.5 Å². The Hall–Kier alpha value is -2.00. The second-order valence-corrected chi connectivity index (χ2v) is 9.19. The Labute approximate surface area is 194 Å². The van der Waals surface area contributed by atoms with E-state index < -0.39 is 0 Å². The topological polar surface area (TPSA) is 56.1 Å². The van der Waals surface area contributed by atoms with Crippen molar-refractivity contribution in [3.05, 3.63) is 56.9 Å². The van der Waals surface area contributed by atoms with Gasteiger partial charge in [0.2, 0.25) is 5.91 Å². The molecule has 1 aliphatic heterocycles. The molecule has 3 heterocycles. The number of aromatic nitrogens is 2. The van der Waals surface area contributed by atoms with E-state index in [0.29, 0.717) is 23.7 Å². The van der Waals surface area contributed by atoms with Crippen molar-refractivity contribution < 1.29 is 14.3 Å². The molecule has 1 unspecified atom stereocenters. The molecule has 1 aromatic carbocycles. The highest BCUT2D eigenvalue weighted by molar-refractivity contribution is 14.1. The summed E-state index contributed by atoms with van der Waals surface area (Å²) in [6, 6.07) is 9.67. The van der Waals surface area contributed by atoms with E-state index >= 15 is 0 Å². The van der Waals surface area contributed by atoms with Crippen molar-refractivity contribution in [3.8, 4) is 11.5 Å². The summed E-state index contributed by atoms with van der Waals surface area (Å²) in [5, 5.41) is 4.87. The van der Waals surface area contributed by atoms with Gasteiger partial charge >= 0.3 is 0 Å². The van der Waals surface area contributed by atoms with Crippen molar-refractivity contribution in [2.75, 3.05) is 13.7 Å². The van der Waals surface area contributed by atoms with Crippen LogP contribution in [0.3, 0.4) is 0 Å². The summed E-state index contributed by atoms with van der Waals surface area (Å²) < 4.78 is 14.2. The smallest absolute Gasteiger partial charge is 0.223 e. The fraction of sp³-hybridized carbons (Fsp3) is 0.364. The van der Waals surface area contributed by atoms with Crippen LogP contribution < -0.4 is 9.47 Å². The number of nitrogens with zero attached hydrogens (tertiary/aromatic N) is 3. The predicted octanol–water partition coefficient (Wildman–Crippen LogP) is 4.98. The number of ether oxygens (including phenoxy) is 2. The Bertz CT molecular complexity index is 1070. The number of amides is 1. The van der Waals surface area contributed by atoms with Crippen LogP contribution in [0.1, 0.15) is 31.9 Å². The summed E-state index contributed by atoms with van der Waals surface area (Å²) in [6.07, 6.45) is 3.86.